The standard InChI is InChI=1S/C15H19FO3/c1-10-2-5-13(6-3-10)19-9-11-8-12(16)4-7-14(11)15(17)18/h4,7-8,10,13H,2-3,5-6,9H2,1H3,(H,17,18). The predicted octanol–water partition coefficient (Wildman–Crippen LogP) is 3.62. The van der Waals surface area contributed by atoms with Crippen LogP contribution in [0.5, 0.6) is 0 Å². The van der Waals surface area contributed by atoms with Gasteiger partial charge in [0.25, 0.3) is 0 Å². The number of hydrogen-bond acceptors (Lipinski definition) is 2. The van der Waals surface area contributed by atoms with E-state index in [0.717, 1.165) is 37.7 Å². The lowest BCUT2D eigenvalue weighted by molar-refractivity contribution is 0.00811. The van der Waals surface area contributed by atoms with Crippen molar-refractivity contribution in [2.45, 2.75) is 45.3 Å². The van der Waals surface area contributed by atoms with Crippen LogP contribution in [0.2, 0.25) is 0 Å². The third-order valence-corrected chi connectivity index (χ3v) is 3.74. The second kappa shape index (κ2) is 6.15. The Kier molecular flexibility index (Phi) is 4.53. The molecule has 1 aromatic carbocycles. The van der Waals surface area contributed by atoms with Gasteiger partial charge in [0.1, 0.15) is 5.82 Å². The van der Waals surface area contributed by atoms with Gasteiger partial charge in [-0.15, -0.1) is 0 Å². The van der Waals surface area contributed by atoms with Crippen molar-refractivity contribution in [2.24, 2.45) is 5.92 Å². The molecule has 0 aromatic heterocycles. The quantitative estimate of drug-likeness (QED) is 0.905. The van der Waals surface area contributed by atoms with Crippen LogP contribution >= 0.6 is 0 Å². The number of aromatic carboxylic acids is 1. The summed E-state index contributed by atoms with van der Waals surface area (Å²) in [4.78, 5) is 11.0. The van der Waals surface area contributed by atoms with Gasteiger partial charge < -0.3 is 9.84 Å². The minimum Gasteiger partial charge on any atom is -0.478 e. The van der Waals surface area contributed by atoms with Gasteiger partial charge in [-0.25, -0.2) is 9.18 Å². The van der Waals surface area contributed by atoms with E-state index in [4.69, 9.17) is 9.84 Å². The van der Waals surface area contributed by atoms with Gasteiger partial charge in [-0.3, -0.25) is 0 Å². The summed E-state index contributed by atoms with van der Waals surface area (Å²) in [5.74, 6) is -0.736. The van der Waals surface area contributed by atoms with Crippen molar-refractivity contribution in [3.8, 4) is 0 Å². The Morgan fingerprint density at radius 3 is 2.68 bits per heavy atom. The number of carboxylic acid groups (broad SMARTS) is 1. The molecule has 0 spiro atoms. The van der Waals surface area contributed by atoms with E-state index in [9.17, 15) is 9.18 Å². The molecule has 0 bridgehead atoms. The number of rotatable bonds is 4. The zero-order chi connectivity index (χ0) is 13.8. The molecule has 0 aliphatic heterocycles. The topological polar surface area (TPSA) is 46.5 Å². The molecule has 0 radical (unpaired) electrons. The Balaban J connectivity index is 1.98. The number of ether oxygens (including phenoxy) is 1. The van der Waals surface area contributed by atoms with Gasteiger partial charge in [-0.2, -0.15) is 0 Å². The molecule has 0 heterocycles. The highest BCUT2D eigenvalue weighted by molar-refractivity contribution is 5.89. The smallest absolute Gasteiger partial charge is 0.336 e. The van der Waals surface area contributed by atoms with Gasteiger partial charge >= 0.3 is 5.97 Å². The van der Waals surface area contributed by atoms with E-state index in [1.807, 2.05) is 0 Å². The molecule has 2 rings (SSSR count). The summed E-state index contributed by atoms with van der Waals surface area (Å²) in [6.07, 6.45) is 4.44. The van der Waals surface area contributed by atoms with Crippen molar-refractivity contribution in [3.63, 3.8) is 0 Å². The van der Waals surface area contributed by atoms with Crippen LogP contribution < -0.4 is 0 Å². The minimum absolute atomic E-state index is 0.116. The van der Waals surface area contributed by atoms with Crippen molar-refractivity contribution >= 4 is 5.97 Å². The number of halogens is 1. The summed E-state index contributed by atoms with van der Waals surface area (Å²) in [7, 11) is 0. The summed E-state index contributed by atoms with van der Waals surface area (Å²) in [5, 5.41) is 9.05. The lowest BCUT2D eigenvalue weighted by Gasteiger charge is -2.26. The van der Waals surface area contributed by atoms with Crippen molar-refractivity contribution < 1.29 is 19.0 Å². The van der Waals surface area contributed by atoms with Crippen LogP contribution in [0.4, 0.5) is 4.39 Å². The largest absolute Gasteiger partial charge is 0.478 e. The van der Waals surface area contributed by atoms with Crippen molar-refractivity contribution in [2.75, 3.05) is 0 Å². The minimum atomic E-state index is -1.05. The van der Waals surface area contributed by atoms with Crippen LogP contribution in [0.15, 0.2) is 18.2 Å². The van der Waals surface area contributed by atoms with Crippen molar-refractivity contribution in [3.05, 3.63) is 35.1 Å². The third kappa shape index (κ3) is 3.77. The summed E-state index contributed by atoms with van der Waals surface area (Å²) in [5.41, 5.74) is 0.525. The second-order valence-electron chi connectivity index (χ2n) is 5.30. The predicted molar refractivity (Wildman–Crippen MR) is 69.6 cm³/mol. The Morgan fingerprint density at radius 1 is 1.37 bits per heavy atom. The summed E-state index contributed by atoms with van der Waals surface area (Å²) < 4.78 is 18.9. The van der Waals surface area contributed by atoms with Crippen molar-refractivity contribution in [1.82, 2.24) is 0 Å². The molecule has 1 aromatic rings. The molecule has 104 valence electrons. The highest BCUT2D eigenvalue weighted by Crippen LogP contribution is 2.26. The molecular formula is C15H19FO3. The van der Waals surface area contributed by atoms with Crippen LogP contribution in [0, 0.1) is 11.7 Å². The fraction of sp³-hybridized carbons (Fsp3) is 0.533. The molecule has 1 aliphatic carbocycles. The molecule has 0 atom stereocenters. The average molecular weight is 266 g/mol. The first-order valence-corrected chi connectivity index (χ1v) is 6.69. The van der Waals surface area contributed by atoms with Gasteiger partial charge in [0, 0.05) is 0 Å². The molecule has 1 saturated carbocycles. The van der Waals surface area contributed by atoms with Gasteiger partial charge in [0.15, 0.2) is 0 Å². The van der Waals surface area contributed by atoms with Crippen LogP contribution in [0.1, 0.15) is 48.5 Å². The number of hydrogen-bond donors (Lipinski definition) is 1. The molecule has 1 aliphatic rings. The fourth-order valence-corrected chi connectivity index (χ4v) is 2.49. The first-order chi connectivity index (χ1) is 9.06. The lowest BCUT2D eigenvalue weighted by atomic mass is 9.89. The third-order valence-electron chi connectivity index (χ3n) is 3.74. The number of benzene rings is 1. The maximum atomic E-state index is 13.2. The molecule has 0 amide bonds. The highest BCUT2D eigenvalue weighted by Gasteiger charge is 2.19. The first kappa shape index (κ1) is 14.0. The number of carboxylic acids is 1. The van der Waals surface area contributed by atoms with E-state index >= 15 is 0 Å². The first-order valence-electron chi connectivity index (χ1n) is 6.69. The lowest BCUT2D eigenvalue weighted by Crippen LogP contribution is -2.20. The molecule has 3 nitrogen and oxygen atoms in total. The van der Waals surface area contributed by atoms with E-state index in [2.05, 4.69) is 6.92 Å². The van der Waals surface area contributed by atoms with Gasteiger partial charge in [-0.05, 0) is 55.4 Å². The molecular weight excluding hydrogens is 247 g/mol. The van der Waals surface area contributed by atoms with Crippen molar-refractivity contribution in [1.29, 1.82) is 0 Å². The van der Waals surface area contributed by atoms with E-state index in [1.54, 1.807) is 0 Å². The maximum absolute atomic E-state index is 13.2. The normalized spacial score (nSPS) is 23.3. The van der Waals surface area contributed by atoms with Crippen LogP contribution in [0.25, 0.3) is 0 Å². The average Bonchev–Trinajstić information content (AvgIpc) is 2.38. The SMILES string of the molecule is CC1CCC(OCc2cc(F)ccc2C(=O)O)CC1. The highest BCUT2D eigenvalue weighted by atomic mass is 19.1. The monoisotopic (exact) mass is 266 g/mol. The summed E-state index contributed by atoms with van der Waals surface area (Å²) >= 11 is 0. The summed E-state index contributed by atoms with van der Waals surface area (Å²) in [6.45, 7) is 2.39. The Bertz CT molecular complexity index is 451. The van der Waals surface area contributed by atoms with Crippen LogP contribution in [0.3, 0.4) is 0 Å². The van der Waals surface area contributed by atoms with E-state index in [-0.39, 0.29) is 18.3 Å². The Labute approximate surface area is 112 Å². The van der Waals surface area contributed by atoms with Crippen LogP contribution in [-0.4, -0.2) is 17.2 Å². The van der Waals surface area contributed by atoms with Gasteiger partial charge in [0.05, 0.1) is 18.3 Å². The molecule has 1 N–H and O–H groups in total. The van der Waals surface area contributed by atoms with Gasteiger partial charge in [0.2, 0.25) is 0 Å². The zero-order valence-electron chi connectivity index (χ0n) is 11.1. The molecule has 0 unspecified atom stereocenters. The Morgan fingerprint density at radius 2 is 2.05 bits per heavy atom. The molecule has 4 heteroatoms. The Hall–Kier alpha value is -1.42. The molecule has 1 fully saturated rings. The molecule has 0 saturated heterocycles. The van der Waals surface area contributed by atoms with E-state index in [1.165, 1.54) is 12.1 Å². The fourth-order valence-electron chi connectivity index (χ4n) is 2.49. The second-order valence-corrected chi connectivity index (χ2v) is 5.30. The molecule has 19 heavy (non-hydrogen) atoms. The zero-order valence-corrected chi connectivity index (χ0v) is 11.1. The van der Waals surface area contributed by atoms with Gasteiger partial charge in [-0.1, -0.05) is 6.92 Å². The summed E-state index contributed by atoms with van der Waals surface area (Å²) in [6, 6.07) is 3.70. The number of carbonyl (C=O) groups is 1. The van der Waals surface area contributed by atoms with Crippen LogP contribution in [-0.2, 0) is 11.3 Å². The van der Waals surface area contributed by atoms with E-state index < -0.39 is 11.8 Å². The maximum Gasteiger partial charge on any atom is 0.336 e. The van der Waals surface area contributed by atoms with E-state index in [0.29, 0.717) is 5.56 Å².